The molecule has 0 unspecified atom stereocenters. The van der Waals surface area contributed by atoms with Crippen LogP contribution < -0.4 is 5.73 Å². The van der Waals surface area contributed by atoms with E-state index >= 15 is 0 Å². The molecule has 0 aliphatic carbocycles. The highest BCUT2D eigenvalue weighted by Crippen LogP contribution is 2.27. The lowest BCUT2D eigenvalue weighted by molar-refractivity contribution is 0.478. The number of aromatic nitrogens is 3. The fourth-order valence-corrected chi connectivity index (χ4v) is 1.81. The number of hydrogen-bond donors (Lipinski definition) is 3. The molecular weight excluding hydrogens is 228 g/mol. The summed E-state index contributed by atoms with van der Waals surface area (Å²) in [7, 11) is 0. The van der Waals surface area contributed by atoms with Gasteiger partial charge in [0.25, 0.3) is 0 Å². The molecule has 0 spiro atoms. The third kappa shape index (κ3) is 1.66. The number of phenolic OH excluding ortho intramolecular Hbond substituents is 1. The first-order valence-corrected chi connectivity index (χ1v) is 5.56. The Balaban J connectivity index is 2.16. The van der Waals surface area contributed by atoms with Crippen molar-refractivity contribution in [3.63, 3.8) is 0 Å². The van der Waals surface area contributed by atoms with E-state index in [2.05, 4.69) is 15.0 Å². The van der Waals surface area contributed by atoms with E-state index in [9.17, 15) is 5.11 Å². The number of imidazole rings is 1. The van der Waals surface area contributed by atoms with Crippen LogP contribution >= 0.6 is 0 Å². The monoisotopic (exact) mass is 240 g/mol. The third-order valence-corrected chi connectivity index (χ3v) is 2.79. The summed E-state index contributed by atoms with van der Waals surface area (Å²) in [5, 5.41) is 9.60. The van der Waals surface area contributed by atoms with Crippen LogP contribution in [0.3, 0.4) is 0 Å². The van der Waals surface area contributed by atoms with Crippen molar-refractivity contribution >= 4 is 16.9 Å². The Hall–Kier alpha value is -2.56. The highest BCUT2D eigenvalue weighted by Gasteiger charge is 2.08. The van der Waals surface area contributed by atoms with Crippen molar-refractivity contribution in [1.29, 1.82) is 0 Å². The summed E-state index contributed by atoms with van der Waals surface area (Å²) in [5.41, 5.74) is 9.15. The van der Waals surface area contributed by atoms with Gasteiger partial charge in [0.1, 0.15) is 11.6 Å². The molecule has 3 aromatic rings. The predicted molar refractivity (Wildman–Crippen MR) is 70.1 cm³/mol. The molecule has 0 radical (unpaired) electrons. The maximum atomic E-state index is 9.60. The van der Waals surface area contributed by atoms with Gasteiger partial charge in [-0.1, -0.05) is 0 Å². The average Bonchev–Trinajstić information content (AvgIpc) is 2.75. The van der Waals surface area contributed by atoms with Crippen molar-refractivity contribution in [2.24, 2.45) is 0 Å². The van der Waals surface area contributed by atoms with Crippen LogP contribution in [0.2, 0.25) is 0 Å². The summed E-state index contributed by atoms with van der Waals surface area (Å²) >= 11 is 0. The van der Waals surface area contributed by atoms with Gasteiger partial charge in [-0.2, -0.15) is 0 Å². The number of anilines is 1. The molecule has 0 amide bonds. The van der Waals surface area contributed by atoms with Gasteiger partial charge in [0.15, 0.2) is 5.65 Å². The Morgan fingerprint density at radius 2 is 2.00 bits per heavy atom. The zero-order chi connectivity index (χ0) is 12.7. The largest absolute Gasteiger partial charge is 0.506 e. The highest BCUT2D eigenvalue weighted by atomic mass is 16.3. The second-order valence-electron chi connectivity index (χ2n) is 4.18. The number of pyridine rings is 1. The summed E-state index contributed by atoms with van der Waals surface area (Å²) in [6.07, 6.45) is 0. The van der Waals surface area contributed by atoms with E-state index in [1.54, 1.807) is 18.2 Å². The minimum absolute atomic E-state index is 0.0529. The van der Waals surface area contributed by atoms with Crippen molar-refractivity contribution in [3.05, 3.63) is 36.0 Å². The minimum Gasteiger partial charge on any atom is -0.506 e. The van der Waals surface area contributed by atoms with Crippen LogP contribution in [-0.2, 0) is 0 Å². The average molecular weight is 240 g/mol. The second-order valence-corrected chi connectivity index (χ2v) is 4.18. The number of nitrogens with one attached hydrogen (secondary N) is 1. The first-order valence-electron chi connectivity index (χ1n) is 5.56. The molecule has 2 aromatic heterocycles. The summed E-state index contributed by atoms with van der Waals surface area (Å²) < 4.78 is 0. The maximum Gasteiger partial charge on any atom is 0.178 e. The smallest absolute Gasteiger partial charge is 0.178 e. The van der Waals surface area contributed by atoms with E-state index in [1.165, 1.54) is 0 Å². The number of hydrogen-bond acceptors (Lipinski definition) is 4. The first-order chi connectivity index (χ1) is 8.63. The van der Waals surface area contributed by atoms with E-state index in [4.69, 9.17) is 5.73 Å². The van der Waals surface area contributed by atoms with Crippen molar-refractivity contribution in [2.75, 3.05) is 5.73 Å². The lowest BCUT2D eigenvalue weighted by Crippen LogP contribution is -1.87. The first kappa shape index (κ1) is 10.6. The van der Waals surface area contributed by atoms with E-state index in [1.807, 2.05) is 19.1 Å². The lowest BCUT2D eigenvalue weighted by atomic mass is 10.2. The van der Waals surface area contributed by atoms with Crippen LogP contribution in [0.25, 0.3) is 22.6 Å². The number of benzene rings is 1. The zero-order valence-electron chi connectivity index (χ0n) is 9.81. The summed E-state index contributed by atoms with van der Waals surface area (Å²) in [6.45, 7) is 1.92. The van der Waals surface area contributed by atoms with E-state index in [0.29, 0.717) is 17.2 Å². The Morgan fingerprint density at radius 1 is 1.17 bits per heavy atom. The fraction of sp³-hybridized carbons (Fsp3) is 0.0769. The Morgan fingerprint density at radius 3 is 2.78 bits per heavy atom. The van der Waals surface area contributed by atoms with E-state index in [0.717, 1.165) is 16.8 Å². The third-order valence-electron chi connectivity index (χ3n) is 2.79. The van der Waals surface area contributed by atoms with Gasteiger partial charge in [-0.15, -0.1) is 0 Å². The molecule has 0 fully saturated rings. The molecule has 0 atom stereocenters. The normalized spacial score (nSPS) is 10.9. The van der Waals surface area contributed by atoms with E-state index in [-0.39, 0.29) is 5.75 Å². The topological polar surface area (TPSA) is 87.8 Å². The van der Waals surface area contributed by atoms with Gasteiger partial charge in [0.05, 0.1) is 11.2 Å². The predicted octanol–water partition coefficient (Wildman–Crippen LogP) is 2.22. The number of aromatic hydroxyl groups is 1. The summed E-state index contributed by atoms with van der Waals surface area (Å²) in [4.78, 5) is 11.9. The number of nitrogens with zero attached hydrogens (tertiary/aromatic N) is 2. The van der Waals surface area contributed by atoms with Gasteiger partial charge in [-0.3, -0.25) is 0 Å². The number of H-pyrrole nitrogens is 1. The Bertz CT molecular complexity index is 733. The van der Waals surface area contributed by atoms with Gasteiger partial charge in [0.2, 0.25) is 0 Å². The number of rotatable bonds is 1. The Labute approximate surface area is 103 Å². The van der Waals surface area contributed by atoms with Gasteiger partial charge in [-0.05, 0) is 37.3 Å². The van der Waals surface area contributed by atoms with Crippen molar-refractivity contribution < 1.29 is 5.11 Å². The highest BCUT2D eigenvalue weighted by molar-refractivity contribution is 5.77. The fourth-order valence-electron chi connectivity index (χ4n) is 1.81. The lowest BCUT2D eigenvalue weighted by Gasteiger charge is -2.00. The van der Waals surface area contributed by atoms with Crippen molar-refractivity contribution in [2.45, 2.75) is 6.92 Å². The van der Waals surface area contributed by atoms with Crippen LogP contribution in [0.1, 0.15) is 5.69 Å². The van der Waals surface area contributed by atoms with Crippen molar-refractivity contribution in [1.82, 2.24) is 15.0 Å². The molecule has 0 saturated heterocycles. The molecule has 4 N–H and O–H groups in total. The zero-order valence-corrected chi connectivity index (χ0v) is 9.81. The standard InChI is InChI=1S/C13H12N4O/c1-7-2-5-10-13(15-7)17-12(16-10)8-3-4-9(14)11(18)6-8/h2-6,18H,14H2,1H3,(H,15,16,17). The number of phenols is 1. The molecule has 2 heterocycles. The minimum atomic E-state index is 0.0529. The van der Waals surface area contributed by atoms with Crippen LogP contribution in [0, 0.1) is 6.92 Å². The van der Waals surface area contributed by atoms with Crippen LogP contribution in [0.15, 0.2) is 30.3 Å². The molecule has 5 heteroatoms. The van der Waals surface area contributed by atoms with Crippen molar-refractivity contribution in [3.8, 4) is 17.1 Å². The molecule has 90 valence electrons. The van der Waals surface area contributed by atoms with Gasteiger partial charge in [0, 0.05) is 11.3 Å². The second kappa shape index (κ2) is 3.73. The van der Waals surface area contributed by atoms with Gasteiger partial charge >= 0.3 is 0 Å². The van der Waals surface area contributed by atoms with Crippen LogP contribution in [-0.4, -0.2) is 20.1 Å². The SMILES string of the molecule is Cc1ccc2[nH]c(-c3ccc(N)c(O)c3)nc2n1. The van der Waals surface area contributed by atoms with E-state index < -0.39 is 0 Å². The maximum absolute atomic E-state index is 9.60. The molecule has 0 aliphatic heterocycles. The van der Waals surface area contributed by atoms with Gasteiger partial charge < -0.3 is 15.8 Å². The quantitative estimate of drug-likeness (QED) is 0.449. The summed E-state index contributed by atoms with van der Waals surface area (Å²) in [6, 6.07) is 8.89. The molecule has 0 saturated carbocycles. The van der Waals surface area contributed by atoms with Gasteiger partial charge in [-0.25, -0.2) is 9.97 Å². The Kier molecular flexibility index (Phi) is 2.19. The van der Waals surface area contributed by atoms with Crippen LogP contribution in [0.4, 0.5) is 5.69 Å². The molecule has 1 aromatic carbocycles. The molecule has 0 aliphatic rings. The molecule has 0 bridgehead atoms. The summed E-state index contributed by atoms with van der Waals surface area (Å²) in [5.74, 6) is 0.718. The number of nitrogen functional groups attached to an aromatic ring is 1. The molecule has 5 nitrogen and oxygen atoms in total. The number of fused-ring (bicyclic) bond motifs is 1. The van der Waals surface area contributed by atoms with Crippen LogP contribution in [0.5, 0.6) is 5.75 Å². The molecule has 3 rings (SSSR count). The molecule has 18 heavy (non-hydrogen) atoms. The number of aromatic amines is 1. The number of aryl methyl sites for hydroxylation is 1. The molecular formula is C13H12N4O. The number of nitrogens with two attached hydrogens (primary N) is 1.